The van der Waals surface area contributed by atoms with E-state index in [0.717, 1.165) is 28.3 Å². The number of hydrogen-bond donors (Lipinski definition) is 1. The molecule has 0 bridgehead atoms. The second-order valence-electron chi connectivity index (χ2n) is 4.40. The number of nitrogens with zero attached hydrogens (tertiary/aromatic N) is 1. The summed E-state index contributed by atoms with van der Waals surface area (Å²) < 4.78 is 5.41. The molecule has 5 heteroatoms. The van der Waals surface area contributed by atoms with Gasteiger partial charge in [0, 0.05) is 10.7 Å². The monoisotopic (exact) mass is 282 g/mol. The van der Waals surface area contributed by atoms with E-state index in [-0.39, 0.29) is 12.5 Å². The Kier molecular flexibility index (Phi) is 5.83. The molecule has 0 aliphatic carbocycles. The summed E-state index contributed by atoms with van der Waals surface area (Å²) in [4.78, 5) is 11.5. The third-order valence-electron chi connectivity index (χ3n) is 2.66. The first-order chi connectivity index (χ1) is 8.93. The molecule has 104 valence electrons. The summed E-state index contributed by atoms with van der Waals surface area (Å²) in [7, 11) is 0. The Morgan fingerprint density at radius 3 is 2.47 bits per heavy atom. The van der Waals surface area contributed by atoms with Gasteiger partial charge in [0.05, 0.1) is 0 Å². The maximum atomic E-state index is 11.5. The summed E-state index contributed by atoms with van der Waals surface area (Å²) in [5.41, 5.74) is 5.16. The van der Waals surface area contributed by atoms with Gasteiger partial charge in [-0.15, -0.1) is 0 Å². The molecule has 0 aliphatic heterocycles. The topological polar surface area (TPSA) is 50.7 Å². The Bertz CT molecular complexity index is 475. The SMILES string of the molecule is CCC(C)=NNC(=O)COc1cc(C)c(Cl)c(C)c1. The van der Waals surface area contributed by atoms with Gasteiger partial charge in [0.1, 0.15) is 5.75 Å². The summed E-state index contributed by atoms with van der Waals surface area (Å²) in [6.07, 6.45) is 0.802. The van der Waals surface area contributed by atoms with Gasteiger partial charge in [0.15, 0.2) is 6.61 Å². The number of halogens is 1. The largest absolute Gasteiger partial charge is 0.484 e. The Hall–Kier alpha value is -1.55. The van der Waals surface area contributed by atoms with E-state index in [0.29, 0.717) is 5.75 Å². The third kappa shape index (κ3) is 4.91. The van der Waals surface area contributed by atoms with Gasteiger partial charge < -0.3 is 4.74 Å². The Morgan fingerprint density at radius 2 is 1.95 bits per heavy atom. The molecule has 0 aromatic heterocycles. The molecule has 0 fully saturated rings. The van der Waals surface area contributed by atoms with Crippen LogP contribution in [0.5, 0.6) is 5.75 Å². The number of hydrogen-bond acceptors (Lipinski definition) is 3. The highest BCUT2D eigenvalue weighted by molar-refractivity contribution is 6.32. The van der Waals surface area contributed by atoms with Crippen LogP contribution in [0.4, 0.5) is 0 Å². The van der Waals surface area contributed by atoms with Crippen molar-refractivity contribution >= 4 is 23.2 Å². The van der Waals surface area contributed by atoms with E-state index < -0.39 is 0 Å². The summed E-state index contributed by atoms with van der Waals surface area (Å²) in [5, 5.41) is 4.64. The fraction of sp³-hybridized carbons (Fsp3) is 0.429. The second-order valence-corrected chi connectivity index (χ2v) is 4.77. The average Bonchev–Trinajstić information content (AvgIpc) is 2.39. The number of nitrogens with one attached hydrogen (secondary N) is 1. The Balaban J connectivity index is 2.55. The lowest BCUT2D eigenvalue weighted by Crippen LogP contribution is -2.25. The number of carbonyl (C=O) groups is 1. The van der Waals surface area contributed by atoms with Crippen LogP contribution in [0.25, 0.3) is 0 Å². The fourth-order valence-electron chi connectivity index (χ4n) is 1.41. The van der Waals surface area contributed by atoms with Crippen molar-refractivity contribution in [3.8, 4) is 5.75 Å². The first kappa shape index (κ1) is 15.5. The lowest BCUT2D eigenvalue weighted by molar-refractivity contribution is -0.123. The van der Waals surface area contributed by atoms with E-state index in [1.165, 1.54) is 0 Å². The van der Waals surface area contributed by atoms with Crippen LogP contribution in [0, 0.1) is 13.8 Å². The smallest absolute Gasteiger partial charge is 0.277 e. The highest BCUT2D eigenvalue weighted by Gasteiger charge is 2.06. The van der Waals surface area contributed by atoms with Crippen LogP contribution in [0.15, 0.2) is 17.2 Å². The van der Waals surface area contributed by atoms with Crippen molar-refractivity contribution in [3.63, 3.8) is 0 Å². The first-order valence-corrected chi connectivity index (χ1v) is 6.53. The second kappa shape index (κ2) is 7.14. The van der Waals surface area contributed by atoms with Crippen LogP contribution in [0.1, 0.15) is 31.4 Å². The number of amides is 1. The first-order valence-electron chi connectivity index (χ1n) is 6.15. The van der Waals surface area contributed by atoms with Gasteiger partial charge in [0.2, 0.25) is 0 Å². The number of aryl methyl sites for hydroxylation is 2. The van der Waals surface area contributed by atoms with Crippen molar-refractivity contribution in [2.24, 2.45) is 5.10 Å². The molecule has 0 spiro atoms. The predicted octanol–water partition coefficient (Wildman–Crippen LogP) is 3.24. The zero-order valence-corrected chi connectivity index (χ0v) is 12.5. The maximum absolute atomic E-state index is 11.5. The molecule has 19 heavy (non-hydrogen) atoms. The molecule has 1 rings (SSSR count). The molecule has 0 atom stereocenters. The normalized spacial score (nSPS) is 11.3. The number of carbonyl (C=O) groups excluding carboxylic acids is 1. The van der Waals surface area contributed by atoms with Crippen molar-refractivity contribution in [3.05, 3.63) is 28.3 Å². The van der Waals surface area contributed by atoms with E-state index in [4.69, 9.17) is 16.3 Å². The van der Waals surface area contributed by atoms with Crippen LogP contribution in [-0.2, 0) is 4.79 Å². The zero-order chi connectivity index (χ0) is 14.4. The predicted molar refractivity (Wildman–Crippen MR) is 78.0 cm³/mol. The van der Waals surface area contributed by atoms with Crippen LogP contribution in [0.3, 0.4) is 0 Å². The molecular formula is C14H19ClN2O2. The van der Waals surface area contributed by atoms with Gasteiger partial charge in [-0.25, -0.2) is 5.43 Å². The molecular weight excluding hydrogens is 264 g/mol. The molecule has 0 saturated heterocycles. The van der Waals surface area contributed by atoms with Crippen molar-refractivity contribution in [2.45, 2.75) is 34.1 Å². The number of rotatable bonds is 5. The number of hydrazone groups is 1. The molecule has 0 aliphatic rings. The number of ether oxygens (including phenoxy) is 1. The molecule has 4 nitrogen and oxygen atoms in total. The van der Waals surface area contributed by atoms with E-state index >= 15 is 0 Å². The van der Waals surface area contributed by atoms with Crippen LogP contribution >= 0.6 is 11.6 Å². The van der Waals surface area contributed by atoms with Crippen molar-refractivity contribution < 1.29 is 9.53 Å². The van der Waals surface area contributed by atoms with E-state index in [1.807, 2.05) is 39.8 Å². The van der Waals surface area contributed by atoms with Crippen molar-refractivity contribution in [2.75, 3.05) is 6.61 Å². The van der Waals surface area contributed by atoms with E-state index in [9.17, 15) is 4.79 Å². The minimum Gasteiger partial charge on any atom is -0.484 e. The minimum atomic E-state index is -0.280. The van der Waals surface area contributed by atoms with Crippen LogP contribution in [-0.4, -0.2) is 18.2 Å². The van der Waals surface area contributed by atoms with Gasteiger partial charge in [-0.2, -0.15) is 5.10 Å². The molecule has 0 radical (unpaired) electrons. The molecule has 1 amide bonds. The average molecular weight is 283 g/mol. The molecule has 1 N–H and O–H groups in total. The minimum absolute atomic E-state index is 0.0684. The van der Waals surface area contributed by atoms with Gasteiger partial charge >= 0.3 is 0 Å². The summed E-state index contributed by atoms with van der Waals surface area (Å²) in [6, 6.07) is 3.62. The molecule has 1 aromatic rings. The van der Waals surface area contributed by atoms with E-state index in [1.54, 1.807) is 0 Å². The van der Waals surface area contributed by atoms with Crippen molar-refractivity contribution in [1.29, 1.82) is 0 Å². The maximum Gasteiger partial charge on any atom is 0.277 e. The quantitative estimate of drug-likeness (QED) is 0.666. The molecule has 0 heterocycles. The highest BCUT2D eigenvalue weighted by Crippen LogP contribution is 2.25. The van der Waals surface area contributed by atoms with Gasteiger partial charge in [-0.1, -0.05) is 18.5 Å². The number of benzene rings is 1. The Labute approximate surface area is 118 Å². The molecule has 1 aromatic carbocycles. The molecule has 0 unspecified atom stereocenters. The van der Waals surface area contributed by atoms with Crippen LogP contribution in [0.2, 0.25) is 5.02 Å². The summed E-state index contributed by atoms with van der Waals surface area (Å²) in [6.45, 7) is 7.56. The van der Waals surface area contributed by atoms with Crippen LogP contribution < -0.4 is 10.2 Å². The fourth-order valence-corrected chi connectivity index (χ4v) is 1.52. The summed E-state index contributed by atoms with van der Waals surface area (Å²) >= 11 is 6.06. The zero-order valence-electron chi connectivity index (χ0n) is 11.7. The van der Waals surface area contributed by atoms with E-state index in [2.05, 4.69) is 10.5 Å². The van der Waals surface area contributed by atoms with Gasteiger partial charge in [-0.05, 0) is 50.5 Å². The third-order valence-corrected chi connectivity index (χ3v) is 3.26. The molecule has 0 saturated carbocycles. The lowest BCUT2D eigenvalue weighted by atomic mass is 10.1. The van der Waals surface area contributed by atoms with Crippen molar-refractivity contribution in [1.82, 2.24) is 5.43 Å². The highest BCUT2D eigenvalue weighted by atomic mass is 35.5. The Morgan fingerprint density at radius 1 is 1.37 bits per heavy atom. The van der Waals surface area contributed by atoms with Gasteiger partial charge in [-0.3, -0.25) is 4.79 Å². The summed E-state index contributed by atoms with van der Waals surface area (Å²) in [5.74, 6) is 0.351. The van der Waals surface area contributed by atoms with Gasteiger partial charge in [0.25, 0.3) is 5.91 Å². The standard InChI is InChI=1S/C14H19ClN2O2/c1-5-11(4)16-17-13(18)8-19-12-6-9(2)14(15)10(3)7-12/h6-7H,5,8H2,1-4H3,(H,17,18). The lowest BCUT2D eigenvalue weighted by Gasteiger charge is -2.09.